The maximum absolute atomic E-state index is 13.6. The minimum absolute atomic E-state index is 0.236. The molecular weight excluding hydrogens is 504 g/mol. The van der Waals surface area contributed by atoms with Crippen LogP contribution in [-0.2, 0) is 30.3 Å². The molecule has 1 aliphatic heterocycles. The molecule has 2 aliphatic rings. The summed E-state index contributed by atoms with van der Waals surface area (Å²) in [6.07, 6.45) is -1.40. The lowest BCUT2D eigenvalue weighted by atomic mass is 9.70. The summed E-state index contributed by atoms with van der Waals surface area (Å²) in [7, 11) is 5.77. The van der Waals surface area contributed by atoms with E-state index in [1.807, 2.05) is 30.3 Å². The van der Waals surface area contributed by atoms with E-state index in [2.05, 4.69) is 0 Å². The number of hydrogen-bond acceptors (Lipinski definition) is 9. The SMILES string of the molecule is COC(=O)[C@H]1C(c2ccccc2)[C@]2(c3ccc(OC)cc3)Oc3cc(OC)cc(OC)c3[C@]2(O)[C@H]1OC(C)=O. The Bertz CT molecular complexity index is 1390. The minimum Gasteiger partial charge on any atom is -0.497 e. The molecule has 204 valence electrons. The van der Waals surface area contributed by atoms with Gasteiger partial charge in [-0.05, 0) is 23.3 Å². The Hall–Kier alpha value is -4.24. The van der Waals surface area contributed by atoms with Gasteiger partial charge in [-0.25, -0.2) is 0 Å². The highest BCUT2D eigenvalue weighted by atomic mass is 16.6. The summed E-state index contributed by atoms with van der Waals surface area (Å²) >= 11 is 0. The van der Waals surface area contributed by atoms with Gasteiger partial charge < -0.3 is 33.5 Å². The van der Waals surface area contributed by atoms with Gasteiger partial charge in [-0.15, -0.1) is 0 Å². The lowest BCUT2D eigenvalue weighted by Gasteiger charge is -2.41. The predicted molar refractivity (Wildman–Crippen MR) is 139 cm³/mol. The zero-order valence-electron chi connectivity index (χ0n) is 22.3. The Morgan fingerprint density at radius 1 is 0.872 bits per heavy atom. The number of benzene rings is 3. The average Bonchev–Trinajstić information content (AvgIpc) is 3.34. The first kappa shape index (κ1) is 26.4. The summed E-state index contributed by atoms with van der Waals surface area (Å²) in [5, 5.41) is 13.1. The van der Waals surface area contributed by atoms with Crippen LogP contribution in [0.1, 0.15) is 29.5 Å². The second-order valence-corrected chi connectivity index (χ2v) is 9.50. The van der Waals surface area contributed by atoms with Crippen molar-refractivity contribution >= 4 is 11.9 Å². The van der Waals surface area contributed by atoms with E-state index in [1.165, 1.54) is 28.3 Å². The Kier molecular flexibility index (Phi) is 6.64. The zero-order chi connectivity index (χ0) is 27.9. The molecule has 0 saturated heterocycles. The number of ether oxygens (including phenoxy) is 6. The summed E-state index contributed by atoms with van der Waals surface area (Å²) in [4.78, 5) is 26.1. The van der Waals surface area contributed by atoms with Crippen LogP contribution in [0.25, 0.3) is 0 Å². The van der Waals surface area contributed by atoms with E-state index in [1.54, 1.807) is 43.5 Å². The second kappa shape index (κ2) is 9.81. The third-order valence-corrected chi connectivity index (χ3v) is 7.69. The summed E-state index contributed by atoms with van der Waals surface area (Å²) < 4.78 is 34.4. The van der Waals surface area contributed by atoms with Crippen molar-refractivity contribution in [1.82, 2.24) is 0 Å². The van der Waals surface area contributed by atoms with Crippen LogP contribution in [0, 0.1) is 5.92 Å². The Morgan fingerprint density at radius 3 is 2.10 bits per heavy atom. The molecule has 5 rings (SSSR count). The Balaban J connectivity index is 1.92. The van der Waals surface area contributed by atoms with Crippen molar-refractivity contribution in [2.24, 2.45) is 5.92 Å². The van der Waals surface area contributed by atoms with E-state index in [-0.39, 0.29) is 17.1 Å². The quantitative estimate of drug-likeness (QED) is 0.454. The third-order valence-electron chi connectivity index (χ3n) is 7.69. The van der Waals surface area contributed by atoms with Crippen LogP contribution < -0.4 is 18.9 Å². The van der Waals surface area contributed by atoms with Crippen molar-refractivity contribution in [1.29, 1.82) is 0 Å². The van der Waals surface area contributed by atoms with Crippen molar-refractivity contribution in [2.45, 2.75) is 30.1 Å². The summed E-state index contributed by atoms with van der Waals surface area (Å²) in [5.74, 6) is -1.82. The molecular formula is C30H30O9. The Labute approximate surface area is 226 Å². The number of hydrogen-bond donors (Lipinski definition) is 1. The monoisotopic (exact) mass is 534 g/mol. The summed E-state index contributed by atoms with van der Waals surface area (Å²) in [6.45, 7) is 1.23. The van der Waals surface area contributed by atoms with Gasteiger partial charge in [0.2, 0.25) is 0 Å². The van der Waals surface area contributed by atoms with Gasteiger partial charge in [0.25, 0.3) is 0 Å². The van der Waals surface area contributed by atoms with Gasteiger partial charge >= 0.3 is 11.9 Å². The molecule has 3 aromatic carbocycles. The first-order valence-electron chi connectivity index (χ1n) is 12.4. The third kappa shape index (κ3) is 3.71. The van der Waals surface area contributed by atoms with Crippen molar-refractivity contribution in [3.63, 3.8) is 0 Å². The smallest absolute Gasteiger partial charge is 0.313 e. The lowest BCUT2D eigenvalue weighted by Crippen LogP contribution is -2.53. The molecule has 5 atom stereocenters. The molecule has 1 fully saturated rings. The Morgan fingerprint density at radius 2 is 1.54 bits per heavy atom. The number of fused-ring (bicyclic) bond motifs is 3. The van der Waals surface area contributed by atoms with E-state index >= 15 is 0 Å². The fraction of sp³-hybridized carbons (Fsp3) is 0.333. The van der Waals surface area contributed by atoms with Crippen molar-refractivity contribution in [3.8, 4) is 23.0 Å². The average molecular weight is 535 g/mol. The zero-order valence-corrected chi connectivity index (χ0v) is 22.3. The first-order valence-corrected chi connectivity index (χ1v) is 12.4. The van der Waals surface area contributed by atoms with Crippen molar-refractivity contribution in [2.75, 3.05) is 28.4 Å². The molecule has 1 N–H and O–H groups in total. The van der Waals surface area contributed by atoms with E-state index in [0.29, 0.717) is 22.6 Å². The van der Waals surface area contributed by atoms with Crippen LogP contribution in [0.15, 0.2) is 66.7 Å². The molecule has 9 heteroatoms. The van der Waals surface area contributed by atoms with Gasteiger partial charge in [0.1, 0.15) is 28.9 Å². The van der Waals surface area contributed by atoms with E-state index in [4.69, 9.17) is 28.4 Å². The molecule has 0 radical (unpaired) electrons. The van der Waals surface area contributed by atoms with E-state index < -0.39 is 41.1 Å². The molecule has 9 nitrogen and oxygen atoms in total. The van der Waals surface area contributed by atoms with Crippen LogP contribution in [0.3, 0.4) is 0 Å². The molecule has 1 saturated carbocycles. The molecule has 0 spiro atoms. The van der Waals surface area contributed by atoms with E-state index in [0.717, 1.165) is 0 Å². The minimum atomic E-state index is -2.10. The normalized spacial score (nSPS) is 26.6. The molecule has 0 bridgehead atoms. The molecule has 1 unspecified atom stereocenters. The van der Waals surface area contributed by atoms with Gasteiger partial charge in [-0.1, -0.05) is 42.5 Å². The predicted octanol–water partition coefficient (Wildman–Crippen LogP) is 3.71. The van der Waals surface area contributed by atoms with Crippen LogP contribution in [0.5, 0.6) is 23.0 Å². The molecule has 0 aromatic heterocycles. The highest BCUT2D eigenvalue weighted by Gasteiger charge is 2.79. The molecule has 39 heavy (non-hydrogen) atoms. The van der Waals surface area contributed by atoms with Crippen LogP contribution in [0.2, 0.25) is 0 Å². The van der Waals surface area contributed by atoms with Gasteiger partial charge in [0.15, 0.2) is 17.3 Å². The lowest BCUT2D eigenvalue weighted by molar-refractivity contribution is -0.185. The van der Waals surface area contributed by atoms with Crippen LogP contribution >= 0.6 is 0 Å². The molecule has 1 heterocycles. The van der Waals surface area contributed by atoms with Gasteiger partial charge in [0, 0.05) is 25.0 Å². The summed E-state index contributed by atoms with van der Waals surface area (Å²) in [6, 6.07) is 19.4. The second-order valence-electron chi connectivity index (χ2n) is 9.50. The van der Waals surface area contributed by atoms with Gasteiger partial charge in [-0.2, -0.15) is 0 Å². The number of esters is 2. The number of rotatable bonds is 7. The molecule has 0 amide bonds. The number of aliphatic hydroxyl groups is 1. The largest absolute Gasteiger partial charge is 0.497 e. The summed E-state index contributed by atoms with van der Waals surface area (Å²) in [5.41, 5.74) is -2.32. The number of methoxy groups -OCH3 is 4. The fourth-order valence-corrected chi connectivity index (χ4v) is 6.21. The topological polar surface area (TPSA) is 110 Å². The first-order chi connectivity index (χ1) is 18.8. The number of carbonyl (C=O) groups is 2. The molecule has 3 aromatic rings. The maximum atomic E-state index is 13.6. The molecule has 1 aliphatic carbocycles. The standard InChI is InChI=1S/C30H30O9/c1-17(31)38-27-24(28(32)37-5)25(18-9-7-6-8-10-18)30(19-11-13-20(34-2)14-12-19)29(27,33)26-22(36-4)15-21(35-3)16-23(26)39-30/h6-16,24-25,27,33H,1-5H3/t24-,25?,27-,29-,30-/m0/s1. The van der Waals surface area contributed by atoms with Gasteiger partial charge in [-0.3, -0.25) is 9.59 Å². The van der Waals surface area contributed by atoms with Gasteiger partial charge in [0.05, 0.1) is 34.0 Å². The van der Waals surface area contributed by atoms with E-state index in [9.17, 15) is 14.7 Å². The maximum Gasteiger partial charge on any atom is 0.313 e. The fourth-order valence-electron chi connectivity index (χ4n) is 6.21. The van der Waals surface area contributed by atoms with Crippen molar-refractivity contribution in [3.05, 3.63) is 83.4 Å². The van der Waals surface area contributed by atoms with Crippen molar-refractivity contribution < 1.29 is 43.1 Å². The van der Waals surface area contributed by atoms with Crippen LogP contribution in [0.4, 0.5) is 0 Å². The highest BCUT2D eigenvalue weighted by molar-refractivity contribution is 5.79. The number of carbonyl (C=O) groups excluding carboxylic acids is 2. The van der Waals surface area contributed by atoms with Crippen LogP contribution in [-0.4, -0.2) is 51.6 Å². The highest BCUT2D eigenvalue weighted by Crippen LogP contribution is 2.71.